The smallest absolute Gasteiger partial charge is 0.254 e. The van der Waals surface area contributed by atoms with E-state index in [1.54, 1.807) is 6.07 Å². The van der Waals surface area contributed by atoms with Crippen molar-refractivity contribution in [2.75, 3.05) is 57.4 Å². The van der Waals surface area contributed by atoms with Crippen molar-refractivity contribution in [2.24, 2.45) is 0 Å². The van der Waals surface area contributed by atoms with Crippen molar-refractivity contribution in [2.45, 2.75) is 6.54 Å². The Morgan fingerprint density at radius 1 is 0.893 bits per heavy atom. The molecule has 0 spiro atoms. The number of piperazine rings is 1. The standard InChI is InChI=1S/C22H26FN3O2/c23-20-3-1-2-4-21(20)25-11-9-24(10-12-25)17-18-5-7-19(8-6-18)22(27)26-13-15-28-16-14-26/h1-8H,9-17H2. The van der Waals surface area contributed by atoms with E-state index in [4.69, 9.17) is 4.74 Å². The van der Waals surface area contributed by atoms with Crippen molar-refractivity contribution in [1.82, 2.24) is 9.80 Å². The second-order valence-electron chi connectivity index (χ2n) is 7.32. The van der Waals surface area contributed by atoms with Gasteiger partial charge in [0.05, 0.1) is 18.9 Å². The topological polar surface area (TPSA) is 36.0 Å². The molecule has 2 aromatic rings. The zero-order valence-corrected chi connectivity index (χ0v) is 16.0. The van der Waals surface area contributed by atoms with Crippen molar-refractivity contribution in [3.05, 3.63) is 65.5 Å². The molecule has 28 heavy (non-hydrogen) atoms. The number of hydrogen-bond acceptors (Lipinski definition) is 4. The monoisotopic (exact) mass is 383 g/mol. The zero-order valence-electron chi connectivity index (χ0n) is 16.0. The van der Waals surface area contributed by atoms with Crippen LogP contribution in [0.4, 0.5) is 10.1 Å². The van der Waals surface area contributed by atoms with E-state index in [9.17, 15) is 9.18 Å². The van der Waals surface area contributed by atoms with Gasteiger partial charge < -0.3 is 14.5 Å². The Hall–Kier alpha value is -2.44. The summed E-state index contributed by atoms with van der Waals surface area (Å²) >= 11 is 0. The highest BCUT2D eigenvalue weighted by atomic mass is 19.1. The summed E-state index contributed by atoms with van der Waals surface area (Å²) in [6.07, 6.45) is 0. The van der Waals surface area contributed by atoms with Crippen LogP contribution in [-0.4, -0.2) is 68.2 Å². The molecule has 2 aromatic carbocycles. The van der Waals surface area contributed by atoms with E-state index in [1.807, 2.05) is 41.3 Å². The molecule has 148 valence electrons. The molecule has 2 aliphatic heterocycles. The quantitative estimate of drug-likeness (QED) is 0.813. The van der Waals surface area contributed by atoms with Crippen LogP contribution in [0.5, 0.6) is 0 Å². The van der Waals surface area contributed by atoms with Gasteiger partial charge in [-0.15, -0.1) is 0 Å². The lowest BCUT2D eigenvalue weighted by Crippen LogP contribution is -2.46. The molecule has 2 heterocycles. The van der Waals surface area contributed by atoms with Crippen LogP contribution in [0.1, 0.15) is 15.9 Å². The molecule has 0 N–H and O–H groups in total. The highest BCUT2D eigenvalue weighted by Gasteiger charge is 2.20. The zero-order chi connectivity index (χ0) is 19.3. The van der Waals surface area contributed by atoms with Gasteiger partial charge in [-0.1, -0.05) is 24.3 Å². The number of carbonyl (C=O) groups is 1. The molecule has 2 aliphatic rings. The van der Waals surface area contributed by atoms with E-state index >= 15 is 0 Å². The molecule has 0 aliphatic carbocycles. The van der Waals surface area contributed by atoms with E-state index in [0.717, 1.165) is 38.3 Å². The third-order valence-corrected chi connectivity index (χ3v) is 5.47. The molecule has 0 saturated carbocycles. The number of halogens is 1. The number of ether oxygens (including phenoxy) is 1. The summed E-state index contributed by atoms with van der Waals surface area (Å²) in [6.45, 7) is 6.80. The van der Waals surface area contributed by atoms with Gasteiger partial charge in [-0.05, 0) is 29.8 Å². The maximum atomic E-state index is 14.0. The first kappa shape index (κ1) is 18.9. The summed E-state index contributed by atoms with van der Waals surface area (Å²) in [7, 11) is 0. The second-order valence-corrected chi connectivity index (χ2v) is 7.32. The van der Waals surface area contributed by atoms with Gasteiger partial charge in [0.25, 0.3) is 5.91 Å². The number of nitrogens with zero attached hydrogens (tertiary/aromatic N) is 3. The number of hydrogen-bond donors (Lipinski definition) is 0. The number of morpholine rings is 1. The Kier molecular flexibility index (Phi) is 5.88. The molecule has 6 heteroatoms. The molecule has 1 amide bonds. The molecule has 0 atom stereocenters. The van der Waals surface area contributed by atoms with Crippen molar-refractivity contribution in [3.63, 3.8) is 0 Å². The minimum Gasteiger partial charge on any atom is -0.378 e. The molecule has 0 unspecified atom stereocenters. The maximum absolute atomic E-state index is 14.0. The van der Waals surface area contributed by atoms with Gasteiger partial charge in [0, 0.05) is 51.4 Å². The van der Waals surface area contributed by atoms with Crippen LogP contribution in [0.25, 0.3) is 0 Å². The number of para-hydroxylation sites is 1. The number of carbonyl (C=O) groups excluding carboxylic acids is 1. The van der Waals surface area contributed by atoms with Crippen molar-refractivity contribution < 1.29 is 13.9 Å². The van der Waals surface area contributed by atoms with Gasteiger partial charge in [-0.2, -0.15) is 0 Å². The first-order valence-electron chi connectivity index (χ1n) is 9.88. The Labute approximate surface area is 165 Å². The summed E-state index contributed by atoms with van der Waals surface area (Å²) in [6, 6.07) is 14.9. The Morgan fingerprint density at radius 3 is 2.25 bits per heavy atom. The third-order valence-electron chi connectivity index (χ3n) is 5.47. The molecular weight excluding hydrogens is 357 g/mol. The normalized spacial score (nSPS) is 18.3. The summed E-state index contributed by atoms with van der Waals surface area (Å²) in [5, 5.41) is 0. The van der Waals surface area contributed by atoms with E-state index in [2.05, 4.69) is 9.80 Å². The highest BCUT2D eigenvalue weighted by Crippen LogP contribution is 2.21. The van der Waals surface area contributed by atoms with Gasteiger partial charge in [0.2, 0.25) is 0 Å². The Balaban J connectivity index is 1.30. The van der Waals surface area contributed by atoms with Crippen molar-refractivity contribution in [3.8, 4) is 0 Å². The Morgan fingerprint density at radius 2 is 1.57 bits per heavy atom. The van der Waals surface area contributed by atoms with E-state index in [1.165, 1.54) is 11.6 Å². The SMILES string of the molecule is O=C(c1ccc(CN2CCN(c3ccccc3F)CC2)cc1)N1CCOCC1. The lowest BCUT2D eigenvalue weighted by atomic mass is 10.1. The maximum Gasteiger partial charge on any atom is 0.254 e. The van der Waals surface area contributed by atoms with E-state index < -0.39 is 0 Å². The van der Waals surface area contributed by atoms with Crippen LogP contribution < -0.4 is 4.90 Å². The fourth-order valence-electron chi connectivity index (χ4n) is 3.82. The van der Waals surface area contributed by atoms with Gasteiger partial charge in [0.1, 0.15) is 5.82 Å². The lowest BCUT2D eigenvalue weighted by molar-refractivity contribution is 0.0303. The predicted molar refractivity (Wildman–Crippen MR) is 107 cm³/mol. The molecular formula is C22H26FN3O2. The predicted octanol–water partition coefficient (Wildman–Crippen LogP) is 2.62. The van der Waals surface area contributed by atoms with Crippen LogP contribution >= 0.6 is 0 Å². The molecule has 0 radical (unpaired) electrons. The first-order valence-corrected chi connectivity index (χ1v) is 9.88. The summed E-state index contributed by atoms with van der Waals surface area (Å²) in [4.78, 5) is 18.8. The third kappa shape index (κ3) is 4.34. The van der Waals surface area contributed by atoms with Gasteiger partial charge >= 0.3 is 0 Å². The average Bonchev–Trinajstić information content (AvgIpc) is 2.75. The molecule has 5 nitrogen and oxygen atoms in total. The summed E-state index contributed by atoms with van der Waals surface area (Å²) in [5.74, 6) is -0.0789. The number of rotatable bonds is 4. The Bertz CT molecular complexity index is 798. The van der Waals surface area contributed by atoms with Crippen LogP contribution in [0.2, 0.25) is 0 Å². The van der Waals surface area contributed by atoms with Crippen molar-refractivity contribution in [1.29, 1.82) is 0 Å². The molecule has 2 saturated heterocycles. The number of anilines is 1. The molecule has 2 fully saturated rings. The van der Waals surface area contributed by atoms with Crippen LogP contribution in [-0.2, 0) is 11.3 Å². The van der Waals surface area contributed by atoms with Gasteiger partial charge in [-0.25, -0.2) is 4.39 Å². The summed E-state index contributed by atoms with van der Waals surface area (Å²) in [5.41, 5.74) is 2.61. The average molecular weight is 383 g/mol. The molecule has 0 aromatic heterocycles. The summed E-state index contributed by atoms with van der Waals surface area (Å²) < 4.78 is 19.3. The first-order chi connectivity index (χ1) is 13.7. The highest BCUT2D eigenvalue weighted by molar-refractivity contribution is 5.94. The largest absolute Gasteiger partial charge is 0.378 e. The van der Waals surface area contributed by atoms with Crippen LogP contribution in [0.3, 0.4) is 0 Å². The lowest BCUT2D eigenvalue weighted by Gasteiger charge is -2.36. The number of benzene rings is 2. The fourth-order valence-corrected chi connectivity index (χ4v) is 3.82. The van der Waals surface area contributed by atoms with Crippen molar-refractivity contribution >= 4 is 11.6 Å². The molecule has 4 rings (SSSR count). The van der Waals surface area contributed by atoms with E-state index in [0.29, 0.717) is 32.0 Å². The van der Waals surface area contributed by atoms with E-state index in [-0.39, 0.29) is 11.7 Å². The van der Waals surface area contributed by atoms with Gasteiger partial charge in [0.15, 0.2) is 0 Å². The second kappa shape index (κ2) is 8.71. The minimum absolute atomic E-state index is 0.0772. The fraction of sp³-hybridized carbons (Fsp3) is 0.409. The minimum atomic E-state index is -0.156. The molecule has 0 bridgehead atoms. The van der Waals surface area contributed by atoms with Gasteiger partial charge in [-0.3, -0.25) is 9.69 Å². The number of amides is 1. The van der Waals surface area contributed by atoms with Crippen LogP contribution in [0, 0.1) is 5.82 Å². The van der Waals surface area contributed by atoms with Crippen LogP contribution in [0.15, 0.2) is 48.5 Å².